The van der Waals surface area contributed by atoms with Gasteiger partial charge in [0.25, 0.3) is 0 Å². The first-order chi connectivity index (χ1) is 8.52. The van der Waals surface area contributed by atoms with Crippen molar-refractivity contribution in [2.24, 2.45) is 0 Å². The average molecular weight is 248 g/mol. The number of aromatic amines is 1. The minimum absolute atomic E-state index is 0.0202. The van der Waals surface area contributed by atoms with Crippen molar-refractivity contribution < 1.29 is 14.3 Å². The summed E-state index contributed by atoms with van der Waals surface area (Å²) in [4.78, 5) is 10.8. The molecule has 2 rings (SSSR count). The summed E-state index contributed by atoms with van der Waals surface area (Å²) >= 11 is 0. The van der Waals surface area contributed by atoms with Gasteiger partial charge in [-0.15, -0.1) is 0 Å². The van der Waals surface area contributed by atoms with Crippen LogP contribution in [0.4, 0.5) is 4.39 Å². The topological polar surface area (TPSA) is 66.0 Å². The second-order valence-corrected chi connectivity index (χ2v) is 4.08. The number of hydrogen-bond donors (Lipinski definition) is 2. The Morgan fingerprint density at radius 3 is 2.72 bits per heavy atom. The number of benzene rings is 1. The highest BCUT2D eigenvalue weighted by molar-refractivity contribution is 5.87. The molecule has 0 bridgehead atoms. The molecular formula is C13H13FN2O2. The van der Waals surface area contributed by atoms with Gasteiger partial charge in [0.2, 0.25) is 0 Å². The van der Waals surface area contributed by atoms with Crippen LogP contribution in [0.5, 0.6) is 0 Å². The van der Waals surface area contributed by atoms with Crippen LogP contribution in [0, 0.1) is 12.7 Å². The molecule has 0 unspecified atom stereocenters. The molecule has 94 valence electrons. The van der Waals surface area contributed by atoms with E-state index in [2.05, 4.69) is 10.2 Å². The van der Waals surface area contributed by atoms with E-state index >= 15 is 0 Å². The van der Waals surface area contributed by atoms with Gasteiger partial charge in [0.1, 0.15) is 11.5 Å². The Balaban J connectivity index is 2.52. The number of rotatable bonds is 3. The molecule has 1 aromatic heterocycles. The summed E-state index contributed by atoms with van der Waals surface area (Å²) in [7, 11) is 0. The van der Waals surface area contributed by atoms with E-state index in [9.17, 15) is 9.18 Å². The fourth-order valence-corrected chi connectivity index (χ4v) is 1.83. The molecule has 0 radical (unpaired) electrons. The van der Waals surface area contributed by atoms with Crippen LogP contribution in [0.3, 0.4) is 0 Å². The standard InChI is InChI=1S/C13H13FN2O2/c1-3-8-5-9(7(2)4-10(8)14)11-6-12(13(17)18)16-15-11/h4-6H,3H2,1-2H3,(H,15,16)(H,17,18). The third-order valence-corrected chi connectivity index (χ3v) is 2.86. The summed E-state index contributed by atoms with van der Waals surface area (Å²) in [5.74, 6) is -1.31. The number of carbonyl (C=O) groups is 1. The second kappa shape index (κ2) is 4.60. The summed E-state index contributed by atoms with van der Waals surface area (Å²) in [6.45, 7) is 3.64. The van der Waals surface area contributed by atoms with E-state index in [4.69, 9.17) is 5.11 Å². The summed E-state index contributed by atoms with van der Waals surface area (Å²) in [6.07, 6.45) is 0.579. The van der Waals surface area contributed by atoms with E-state index < -0.39 is 5.97 Å². The lowest BCUT2D eigenvalue weighted by atomic mass is 10.0. The Labute approximate surface area is 103 Å². The first kappa shape index (κ1) is 12.3. The smallest absolute Gasteiger partial charge is 0.353 e. The molecule has 1 aromatic carbocycles. The number of halogens is 1. The van der Waals surface area contributed by atoms with Crippen LogP contribution >= 0.6 is 0 Å². The zero-order valence-corrected chi connectivity index (χ0v) is 10.1. The largest absolute Gasteiger partial charge is 0.477 e. The maximum Gasteiger partial charge on any atom is 0.353 e. The maximum absolute atomic E-state index is 13.6. The predicted octanol–water partition coefficient (Wildman–Crippen LogP) is 2.78. The molecule has 5 heteroatoms. The molecule has 0 aliphatic heterocycles. The van der Waals surface area contributed by atoms with Gasteiger partial charge in [-0.25, -0.2) is 9.18 Å². The minimum Gasteiger partial charge on any atom is -0.477 e. The van der Waals surface area contributed by atoms with Gasteiger partial charge in [-0.1, -0.05) is 6.92 Å². The number of hydrogen-bond acceptors (Lipinski definition) is 2. The number of aromatic nitrogens is 2. The molecule has 0 aliphatic carbocycles. The lowest BCUT2D eigenvalue weighted by Crippen LogP contribution is -1.95. The number of nitrogens with one attached hydrogen (secondary N) is 1. The van der Waals surface area contributed by atoms with Crippen molar-refractivity contribution in [3.8, 4) is 11.3 Å². The highest BCUT2D eigenvalue weighted by atomic mass is 19.1. The van der Waals surface area contributed by atoms with Crippen LogP contribution in [0.1, 0.15) is 28.5 Å². The van der Waals surface area contributed by atoms with Crippen LogP contribution in [-0.4, -0.2) is 21.3 Å². The van der Waals surface area contributed by atoms with E-state index in [0.717, 1.165) is 11.1 Å². The zero-order valence-electron chi connectivity index (χ0n) is 10.1. The first-order valence-corrected chi connectivity index (χ1v) is 5.61. The molecule has 0 amide bonds. The van der Waals surface area contributed by atoms with Crippen LogP contribution in [0.25, 0.3) is 11.3 Å². The van der Waals surface area contributed by atoms with E-state index in [0.29, 0.717) is 17.7 Å². The van der Waals surface area contributed by atoms with Gasteiger partial charge in [-0.05, 0) is 42.7 Å². The molecule has 18 heavy (non-hydrogen) atoms. The van der Waals surface area contributed by atoms with Gasteiger partial charge in [-0.3, -0.25) is 5.10 Å². The van der Waals surface area contributed by atoms with Crippen molar-refractivity contribution in [3.63, 3.8) is 0 Å². The number of nitrogens with zero attached hydrogens (tertiary/aromatic N) is 1. The van der Waals surface area contributed by atoms with Gasteiger partial charge >= 0.3 is 5.97 Å². The third kappa shape index (κ3) is 2.11. The van der Waals surface area contributed by atoms with Crippen molar-refractivity contribution in [2.75, 3.05) is 0 Å². The molecule has 0 saturated heterocycles. The molecule has 4 nitrogen and oxygen atoms in total. The fraction of sp³-hybridized carbons (Fsp3) is 0.231. The molecule has 1 heterocycles. The normalized spacial score (nSPS) is 10.6. The molecule has 0 saturated carbocycles. The van der Waals surface area contributed by atoms with Gasteiger partial charge < -0.3 is 5.11 Å². The van der Waals surface area contributed by atoms with Crippen molar-refractivity contribution >= 4 is 5.97 Å². The number of carboxylic acid groups (broad SMARTS) is 1. The summed E-state index contributed by atoms with van der Waals surface area (Å²) < 4.78 is 13.6. The van der Waals surface area contributed by atoms with Gasteiger partial charge in [0.15, 0.2) is 0 Å². The van der Waals surface area contributed by atoms with Crippen LogP contribution in [0.15, 0.2) is 18.2 Å². The predicted molar refractivity (Wildman–Crippen MR) is 65.1 cm³/mol. The summed E-state index contributed by atoms with van der Waals surface area (Å²) in [5.41, 5.74) is 2.60. The lowest BCUT2D eigenvalue weighted by Gasteiger charge is -2.06. The molecule has 0 fully saturated rings. The SMILES string of the molecule is CCc1cc(-c2cc(C(=O)O)[nH]n2)c(C)cc1F. The molecule has 0 spiro atoms. The number of aromatic carboxylic acids is 1. The maximum atomic E-state index is 13.6. The quantitative estimate of drug-likeness (QED) is 0.877. The zero-order chi connectivity index (χ0) is 13.3. The van der Waals surface area contributed by atoms with Crippen molar-refractivity contribution in [3.05, 3.63) is 40.8 Å². The van der Waals surface area contributed by atoms with Crippen LogP contribution in [-0.2, 0) is 6.42 Å². The number of H-pyrrole nitrogens is 1. The molecule has 2 N–H and O–H groups in total. The average Bonchev–Trinajstić information content (AvgIpc) is 2.78. The highest BCUT2D eigenvalue weighted by Gasteiger charge is 2.13. The minimum atomic E-state index is -1.07. The molecule has 2 aromatic rings. The van der Waals surface area contributed by atoms with Gasteiger partial charge in [0.05, 0.1) is 5.69 Å². The van der Waals surface area contributed by atoms with E-state index in [1.54, 1.807) is 13.0 Å². The fourth-order valence-electron chi connectivity index (χ4n) is 1.83. The Morgan fingerprint density at radius 2 is 2.17 bits per heavy atom. The number of carboxylic acids is 1. The van der Waals surface area contributed by atoms with Gasteiger partial charge in [-0.2, -0.15) is 5.10 Å². The van der Waals surface area contributed by atoms with Crippen LogP contribution < -0.4 is 0 Å². The molecule has 0 aliphatic rings. The van der Waals surface area contributed by atoms with Crippen LogP contribution in [0.2, 0.25) is 0 Å². The monoisotopic (exact) mass is 248 g/mol. The number of aryl methyl sites for hydroxylation is 2. The Bertz CT molecular complexity index is 605. The lowest BCUT2D eigenvalue weighted by molar-refractivity contribution is 0.0690. The van der Waals surface area contributed by atoms with Crippen molar-refractivity contribution in [2.45, 2.75) is 20.3 Å². The van der Waals surface area contributed by atoms with Gasteiger partial charge in [0, 0.05) is 5.56 Å². The molecule has 0 atom stereocenters. The summed E-state index contributed by atoms with van der Waals surface area (Å²) in [5, 5.41) is 15.2. The first-order valence-electron chi connectivity index (χ1n) is 5.61. The highest BCUT2D eigenvalue weighted by Crippen LogP contribution is 2.25. The van der Waals surface area contributed by atoms with E-state index in [1.165, 1.54) is 12.1 Å². The molecular weight excluding hydrogens is 235 g/mol. The third-order valence-electron chi connectivity index (χ3n) is 2.86. The van der Waals surface area contributed by atoms with Crippen molar-refractivity contribution in [1.29, 1.82) is 0 Å². The second-order valence-electron chi connectivity index (χ2n) is 4.08. The van der Waals surface area contributed by atoms with E-state index in [-0.39, 0.29) is 11.5 Å². The Hall–Kier alpha value is -2.17. The Kier molecular flexibility index (Phi) is 3.14. The Morgan fingerprint density at radius 1 is 1.44 bits per heavy atom. The van der Waals surface area contributed by atoms with Crippen molar-refractivity contribution in [1.82, 2.24) is 10.2 Å². The van der Waals surface area contributed by atoms with E-state index in [1.807, 2.05) is 6.92 Å². The summed E-state index contributed by atoms with van der Waals surface area (Å²) in [6, 6.07) is 4.61.